The number of anilines is 1. The molecule has 0 saturated heterocycles. The van der Waals surface area contributed by atoms with E-state index in [-0.39, 0.29) is 18.0 Å². The van der Waals surface area contributed by atoms with E-state index in [1.54, 1.807) is 24.3 Å². The summed E-state index contributed by atoms with van der Waals surface area (Å²) < 4.78 is 38.5. The number of hydrogen-bond acceptors (Lipinski definition) is 4. The van der Waals surface area contributed by atoms with Crippen LogP contribution in [-0.2, 0) is 11.4 Å². The SMILES string of the molecule is CCOc1cc(/C=C(\C#N)C(=O)Nc2ccc(F)cc2)cc(Br)c1OCc1cccc(F)c1. The summed E-state index contributed by atoms with van der Waals surface area (Å²) in [6.45, 7) is 2.28. The molecule has 0 aliphatic carbocycles. The predicted molar refractivity (Wildman–Crippen MR) is 125 cm³/mol. The highest BCUT2D eigenvalue weighted by atomic mass is 79.9. The van der Waals surface area contributed by atoms with Crippen LogP contribution in [0.15, 0.2) is 70.7 Å². The normalized spacial score (nSPS) is 10.9. The van der Waals surface area contributed by atoms with Crippen molar-refractivity contribution in [2.75, 3.05) is 11.9 Å². The van der Waals surface area contributed by atoms with Gasteiger partial charge in [0, 0.05) is 5.69 Å². The van der Waals surface area contributed by atoms with Crippen LogP contribution in [0.5, 0.6) is 11.5 Å². The molecule has 3 rings (SSSR count). The second kappa shape index (κ2) is 11.2. The second-order valence-corrected chi connectivity index (χ2v) is 7.67. The van der Waals surface area contributed by atoms with Gasteiger partial charge in [-0.15, -0.1) is 0 Å². The average Bonchev–Trinajstić information content (AvgIpc) is 2.78. The fourth-order valence-corrected chi connectivity index (χ4v) is 3.48. The molecule has 33 heavy (non-hydrogen) atoms. The van der Waals surface area contributed by atoms with Crippen molar-refractivity contribution < 1.29 is 23.0 Å². The molecule has 0 spiro atoms. The number of halogens is 3. The van der Waals surface area contributed by atoms with Gasteiger partial charge in [-0.1, -0.05) is 12.1 Å². The number of benzene rings is 3. The van der Waals surface area contributed by atoms with E-state index in [0.29, 0.717) is 39.4 Å². The third kappa shape index (κ3) is 6.64. The number of carbonyl (C=O) groups is 1. The van der Waals surface area contributed by atoms with E-state index < -0.39 is 11.7 Å². The van der Waals surface area contributed by atoms with Crippen molar-refractivity contribution in [3.63, 3.8) is 0 Å². The largest absolute Gasteiger partial charge is 0.490 e. The molecule has 0 aliphatic rings. The van der Waals surface area contributed by atoms with Crippen molar-refractivity contribution in [1.82, 2.24) is 0 Å². The molecule has 0 fully saturated rings. The van der Waals surface area contributed by atoms with Crippen LogP contribution in [-0.4, -0.2) is 12.5 Å². The Hall–Kier alpha value is -3.70. The Bertz CT molecular complexity index is 1220. The van der Waals surface area contributed by atoms with Crippen LogP contribution in [0.2, 0.25) is 0 Å². The Morgan fingerprint density at radius 3 is 2.52 bits per heavy atom. The monoisotopic (exact) mass is 512 g/mol. The molecule has 0 aromatic heterocycles. The second-order valence-electron chi connectivity index (χ2n) is 6.81. The van der Waals surface area contributed by atoms with E-state index >= 15 is 0 Å². The van der Waals surface area contributed by atoms with Crippen molar-refractivity contribution in [3.05, 3.63) is 93.5 Å². The maximum Gasteiger partial charge on any atom is 0.266 e. The number of nitrogens with zero attached hydrogens (tertiary/aromatic N) is 1. The first-order chi connectivity index (χ1) is 15.9. The zero-order valence-electron chi connectivity index (χ0n) is 17.6. The molecular formula is C25H19BrF2N2O3. The third-order valence-electron chi connectivity index (χ3n) is 4.38. The van der Waals surface area contributed by atoms with Crippen molar-refractivity contribution in [2.24, 2.45) is 0 Å². The van der Waals surface area contributed by atoms with E-state index in [4.69, 9.17) is 9.47 Å². The number of nitriles is 1. The summed E-state index contributed by atoms with van der Waals surface area (Å²) in [5, 5.41) is 12.0. The van der Waals surface area contributed by atoms with Crippen LogP contribution in [0, 0.1) is 23.0 Å². The average molecular weight is 513 g/mol. The zero-order valence-corrected chi connectivity index (χ0v) is 19.2. The van der Waals surface area contributed by atoms with Gasteiger partial charge < -0.3 is 14.8 Å². The number of hydrogen-bond donors (Lipinski definition) is 1. The summed E-state index contributed by atoms with van der Waals surface area (Å²) in [6, 6.07) is 16.5. The molecule has 3 aromatic carbocycles. The Balaban J connectivity index is 1.84. The van der Waals surface area contributed by atoms with Crippen molar-refractivity contribution in [3.8, 4) is 17.6 Å². The molecule has 3 aromatic rings. The van der Waals surface area contributed by atoms with Crippen LogP contribution in [0.3, 0.4) is 0 Å². The molecule has 0 radical (unpaired) electrons. The van der Waals surface area contributed by atoms with Gasteiger partial charge >= 0.3 is 0 Å². The van der Waals surface area contributed by atoms with Crippen molar-refractivity contribution in [2.45, 2.75) is 13.5 Å². The predicted octanol–water partition coefficient (Wildman–Crippen LogP) is 6.25. The molecule has 8 heteroatoms. The number of ether oxygens (including phenoxy) is 2. The number of amides is 1. The molecule has 0 heterocycles. The molecule has 0 saturated carbocycles. The van der Waals surface area contributed by atoms with Gasteiger partial charge in [0.15, 0.2) is 11.5 Å². The van der Waals surface area contributed by atoms with Crippen molar-refractivity contribution in [1.29, 1.82) is 5.26 Å². The Kier molecular flexibility index (Phi) is 8.17. The first kappa shape index (κ1) is 24.0. The van der Waals surface area contributed by atoms with Gasteiger partial charge in [-0.3, -0.25) is 4.79 Å². The number of carbonyl (C=O) groups excluding carboxylic acids is 1. The Labute approximate surface area is 198 Å². The van der Waals surface area contributed by atoms with Gasteiger partial charge in [0.25, 0.3) is 5.91 Å². The lowest BCUT2D eigenvalue weighted by atomic mass is 10.1. The van der Waals surface area contributed by atoms with Crippen molar-refractivity contribution >= 4 is 33.6 Å². The van der Waals surface area contributed by atoms with Gasteiger partial charge in [0.1, 0.15) is 29.9 Å². The van der Waals surface area contributed by atoms with Crippen LogP contribution in [0.25, 0.3) is 6.08 Å². The van der Waals surface area contributed by atoms with Gasteiger partial charge in [-0.05, 0) is 88.6 Å². The Morgan fingerprint density at radius 2 is 1.85 bits per heavy atom. The first-order valence-electron chi connectivity index (χ1n) is 9.92. The lowest BCUT2D eigenvalue weighted by molar-refractivity contribution is -0.112. The fraction of sp³-hybridized carbons (Fsp3) is 0.120. The fourth-order valence-electron chi connectivity index (χ4n) is 2.90. The van der Waals surface area contributed by atoms with E-state index in [1.165, 1.54) is 42.5 Å². The lowest BCUT2D eigenvalue weighted by Crippen LogP contribution is -2.13. The van der Waals surface area contributed by atoms with Gasteiger partial charge in [-0.25, -0.2) is 8.78 Å². The molecule has 1 amide bonds. The standard InChI is InChI=1S/C25H19BrF2N2O3/c1-2-32-23-13-17(10-18(14-29)25(31)30-21-8-6-19(27)7-9-21)12-22(26)24(23)33-15-16-4-3-5-20(28)11-16/h3-13H,2,15H2,1H3,(H,30,31)/b18-10+. The molecular weight excluding hydrogens is 494 g/mol. The van der Waals surface area contributed by atoms with Gasteiger partial charge in [0.2, 0.25) is 0 Å². The minimum absolute atomic E-state index is 0.120. The maximum atomic E-state index is 13.4. The van der Waals surface area contributed by atoms with E-state index in [2.05, 4.69) is 21.2 Å². The smallest absolute Gasteiger partial charge is 0.266 e. The van der Waals surface area contributed by atoms with Crippen LogP contribution < -0.4 is 14.8 Å². The molecule has 0 unspecified atom stereocenters. The van der Waals surface area contributed by atoms with E-state index in [9.17, 15) is 18.8 Å². The summed E-state index contributed by atoms with van der Waals surface area (Å²) in [5.41, 5.74) is 1.38. The maximum absolute atomic E-state index is 13.4. The summed E-state index contributed by atoms with van der Waals surface area (Å²) in [6.07, 6.45) is 1.41. The number of nitrogens with one attached hydrogen (secondary N) is 1. The quantitative estimate of drug-likeness (QED) is 0.286. The molecule has 1 N–H and O–H groups in total. The number of rotatable bonds is 8. The summed E-state index contributed by atoms with van der Waals surface area (Å²) in [7, 11) is 0. The summed E-state index contributed by atoms with van der Waals surface area (Å²) in [5.74, 6) is -0.622. The highest BCUT2D eigenvalue weighted by Gasteiger charge is 2.15. The highest BCUT2D eigenvalue weighted by Crippen LogP contribution is 2.38. The van der Waals surface area contributed by atoms with Gasteiger partial charge in [-0.2, -0.15) is 5.26 Å². The molecule has 0 aliphatic heterocycles. The summed E-state index contributed by atoms with van der Waals surface area (Å²) in [4.78, 5) is 12.5. The third-order valence-corrected chi connectivity index (χ3v) is 4.97. The van der Waals surface area contributed by atoms with Crippen LogP contribution in [0.4, 0.5) is 14.5 Å². The Morgan fingerprint density at radius 1 is 1.09 bits per heavy atom. The topological polar surface area (TPSA) is 71.3 Å². The molecule has 0 bridgehead atoms. The minimum atomic E-state index is -0.635. The van der Waals surface area contributed by atoms with E-state index in [1.807, 2.05) is 13.0 Å². The van der Waals surface area contributed by atoms with Gasteiger partial charge in [0.05, 0.1) is 11.1 Å². The summed E-state index contributed by atoms with van der Waals surface area (Å²) >= 11 is 3.44. The first-order valence-corrected chi connectivity index (χ1v) is 10.7. The molecule has 168 valence electrons. The zero-order chi connectivity index (χ0) is 23.8. The lowest BCUT2D eigenvalue weighted by Gasteiger charge is -2.15. The molecule has 5 nitrogen and oxygen atoms in total. The molecule has 0 atom stereocenters. The highest BCUT2D eigenvalue weighted by molar-refractivity contribution is 9.10. The van der Waals surface area contributed by atoms with Crippen LogP contribution in [0.1, 0.15) is 18.1 Å². The van der Waals surface area contributed by atoms with E-state index in [0.717, 1.165) is 0 Å². The van der Waals surface area contributed by atoms with Crippen LogP contribution >= 0.6 is 15.9 Å². The minimum Gasteiger partial charge on any atom is -0.490 e.